The van der Waals surface area contributed by atoms with Crippen LogP contribution in [0, 0.1) is 6.17 Å². The van der Waals surface area contributed by atoms with Crippen LogP contribution in [-0.4, -0.2) is 18.6 Å². The van der Waals surface area contributed by atoms with Crippen LogP contribution in [0.5, 0.6) is 0 Å². The predicted molar refractivity (Wildman–Crippen MR) is 40.1 cm³/mol. The molecule has 2 nitrogen and oxygen atoms in total. The second-order valence-electron chi connectivity index (χ2n) is 2.44. The largest absolute Gasteiger partial charge is 0.389 e. The molecule has 0 aliphatic carbocycles. The molecule has 0 fully saturated rings. The van der Waals surface area contributed by atoms with E-state index in [1.165, 1.54) is 12.4 Å². The van der Waals surface area contributed by atoms with Gasteiger partial charge in [0.15, 0.2) is 12.4 Å². The highest BCUT2D eigenvalue weighted by Crippen LogP contribution is 2.25. The fourth-order valence-electron chi connectivity index (χ4n) is 0.848. The van der Waals surface area contributed by atoms with Gasteiger partial charge in [-0.3, -0.25) is 0 Å². The van der Waals surface area contributed by atoms with E-state index in [2.05, 4.69) is 9.98 Å². The lowest BCUT2D eigenvalue weighted by Crippen LogP contribution is -2.06. The van der Waals surface area contributed by atoms with Crippen LogP contribution in [0.25, 0.3) is 0 Å². The Kier molecular flexibility index (Phi) is 2.73. The fraction of sp³-hybridized carbons (Fsp3) is 0.571. The maximum atomic E-state index is 11.6. The van der Waals surface area contributed by atoms with Crippen LogP contribution >= 0.6 is 0 Å². The van der Waals surface area contributed by atoms with Gasteiger partial charge < -0.3 is 0 Å². The monoisotopic (exact) mass is 177 g/mol. The van der Waals surface area contributed by atoms with E-state index in [0.29, 0.717) is 12.6 Å². The first-order valence-corrected chi connectivity index (χ1v) is 3.57. The van der Waals surface area contributed by atoms with Gasteiger partial charge >= 0.3 is 6.18 Å². The van der Waals surface area contributed by atoms with Gasteiger partial charge in [0.05, 0.1) is 6.42 Å². The number of halogens is 3. The van der Waals surface area contributed by atoms with Crippen LogP contribution in [-0.2, 0) is 0 Å². The zero-order chi connectivity index (χ0) is 9.03. The molecule has 0 saturated heterocycles. The Bertz CT molecular complexity index is 183. The molecular formula is C7H8F3N2+. The quantitative estimate of drug-likeness (QED) is 0.591. The minimum atomic E-state index is -4.06. The van der Waals surface area contributed by atoms with Gasteiger partial charge in [0.2, 0.25) is 6.17 Å². The first kappa shape index (κ1) is 9.09. The van der Waals surface area contributed by atoms with Crippen molar-refractivity contribution in [3.8, 4) is 0 Å². The Morgan fingerprint density at radius 2 is 1.75 bits per heavy atom. The van der Waals surface area contributed by atoms with E-state index in [-0.39, 0.29) is 6.42 Å². The first-order valence-electron chi connectivity index (χ1n) is 3.57. The van der Waals surface area contributed by atoms with E-state index in [4.69, 9.17) is 0 Å². The molecule has 0 atom stereocenters. The highest BCUT2D eigenvalue weighted by atomic mass is 19.4. The van der Waals surface area contributed by atoms with Gasteiger partial charge in [-0.15, -0.1) is 0 Å². The number of rotatable bonds is 3. The lowest BCUT2D eigenvalue weighted by Gasteiger charge is -2.03. The summed E-state index contributed by atoms with van der Waals surface area (Å²) < 4.78 is 34.9. The molecule has 0 unspecified atom stereocenters. The second kappa shape index (κ2) is 3.60. The fourth-order valence-corrected chi connectivity index (χ4v) is 0.848. The predicted octanol–water partition coefficient (Wildman–Crippen LogP) is 2.36. The molecule has 12 heavy (non-hydrogen) atoms. The maximum Gasteiger partial charge on any atom is 0.389 e. The average Bonchev–Trinajstić information content (AvgIpc) is 2.36. The molecule has 1 aliphatic heterocycles. The molecule has 66 valence electrons. The summed E-state index contributed by atoms with van der Waals surface area (Å²) in [6, 6.07) is 0. The average molecular weight is 177 g/mol. The third-order valence-electron chi connectivity index (χ3n) is 1.37. The van der Waals surface area contributed by atoms with E-state index in [9.17, 15) is 13.2 Å². The van der Waals surface area contributed by atoms with E-state index in [0.717, 1.165) is 0 Å². The van der Waals surface area contributed by atoms with Crippen molar-refractivity contribution < 1.29 is 13.2 Å². The lowest BCUT2D eigenvalue weighted by atomic mass is 10.2. The molecule has 0 bridgehead atoms. The van der Waals surface area contributed by atoms with Crippen LogP contribution in [0.1, 0.15) is 19.3 Å². The van der Waals surface area contributed by atoms with Crippen LogP contribution in [0.3, 0.4) is 0 Å². The van der Waals surface area contributed by atoms with Gasteiger partial charge in [0.1, 0.15) is 0 Å². The van der Waals surface area contributed by atoms with Gasteiger partial charge in [-0.25, -0.2) is 0 Å². The number of nitrogens with zero attached hydrogens (tertiary/aromatic N) is 2. The number of hydrogen-bond acceptors (Lipinski definition) is 2. The highest BCUT2D eigenvalue weighted by Gasteiger charge is 2.27. The Morgan fingerprint density at radius 1 is 1.17 bits per heavy atom. The van der Waals surface area contributed by atoms with Crippen molar-refractivity contribution in [1.29, 1.82) is 0 Å². The third-order valence-corrected chi connectivity index (χ3v) is 1.37. The zero-order valence-corrected chi connectivity index (χ0v) is 6.30. The third kappa shape index (κ3) is 3.41. The standard InChI is InChI=1S/C7H8F3N2/c8-7(9,10)3-1-2-6-11-4-5-12-6/h4-5H,1-3H2/q+1. The topological polar surface area (TPSA) is 24.7 Å². The molecule has 1 aliphatic rings. The minimum absolute atomic E-state index is 0.0630. The van der Waals surface area contributed by atoms with Crippen LogP contribution in [0.15, 0.2) is 9.98 Å². The molecular weight excluding hydrogens is 169 g/mol. The SMILES string of the molecule is FC(F)(F)CCC[C+]1N=CC=N1. The number of alkyl halides is 3. The van der Waals surface area contributed by atoms with Gasteiger partial charge in [0.25, 0.3) is 0 Å². The van der Waals surface area contributed by atoms with E-state index in [1.807, 2.05) is 0 Å². The van der Waals surface area contributed by atoms with Crippen molar-refractivity contribution in [3.63, 3.8) is 0 Å². The van der Waals surface area contributed by atoms with Crippen LogP contribution in [0.2, 0.25) is 0 Å². The summed E-state index contributed by atoms with van der Waals surface area (Å²) in [5.74, 6) is 0. The van der Waals surface area contributed by atoms with Crippen molar-refractivity contribution in [1.82, 2.24) is 0 Å². The molecule has 1 heterocycles. The zero-order valence-electron chi connectivity index (χ0n) is 6.30. The summed E-state index contributed by atoms with van der Waals surface area (Å²) in [4.78, 5) is 7.51. The minimum Gasteiger partial charge on any atom is -0.171 e. The summed E-state index contributed by atoms with van der Waals surface area (Å²) in [6.45, 7) is 0. The lowest BCUT2D eigenvalue weighted by molar-refractivity contribution is -0.135. The van der Waals surface area contributed by atoms with Gasteiger partial charge in [-0.1, -0.05) is 9.98 Å². The molecule has 0 N–H and O–H groups in total. The summed E-state index contributed by atoms with van der Waals surface area (Å²) in [5.41, 5.74) is 0. The molecule has 0 amide bonds. The smallest absolute Gasteiger partial charge is 0.171 e. The number of aliphatic imine (C=N–C) groups is 2. The van der Waals surface area contributed by atoms with Crippen molar-refractivity contribution in [2.75, 3.05) is 0 Å². The van der Waals surface area contributed by atoms with Crippen molar-refractivity contribution in [2.24, 2.45) is 9.98 Å². The van der Waals surface area contributed by atoms with Gasteiger partial charge in [-0.2, -0.15) is 13.2 Å². The molecule has 5 heteroatoms. The van der Waals surface area contributed by atoms with Crippen molar-refractivity contribution >= 4 is 12.4 Å². The van der Waals surface area contributed by atoms with E-state index in [1.54, 1.807) is 0 Å². The van der Waals surface area contributed by atoms with Crippen LogP contribution < -0.4 is 0 Å². The summed E-state index contributed by atoms with van der Waals surface area (Å²) in [5, 5.41) is 0. The maximum absolute atomic E-state index is 11.6. The Labute approximate surface area is 68.2 Å². The Hall–Kier alpha value is -1.00. The molecule has 0 saturated carbocycles. The Balaban J connectivity index is 2.10. The summed E-state index contributed by atoms with van der Waals surface area (Å²) in [7, 11) is 0. The van der Waals surface area contributed by atoms with E-state index < -0.39 is 12.6 Å². The Morgan fingerprint density at radius 3 is 2.25 bits per heavy atom. The van der Waals surface area contributed by atoms with Crippen LogP contribution in [0.4, 0.5) is 13.2 Å². The summed E-state index contributed by atoms with van der Waals surface area (Å²) >= 11 is 0. The molecule has 0 aromatic rings. The molecule has 1 rings (SSSR count). The highest BCUT2D eigenvalue weighted by molar-refractivity contribution is 6.18. The van der Waals surface area contributed by atoms with Gasteiger partial charge in [-0.05, 0) is 6.42 Å². The van der Waals surface area contributed by atoms with Gasteiger partial charge in [0, 0.05) is 6.42 Å². The molecule has 0 radical (unpaired) electrons. The van der Waals surface area contributed by atoms with E-state index >= 15 is 0 Å². The molecule has 0 aromatic carbocycles. The van der Waals surface area contributed by atoms with Crippen molar-refractivity contribution in [2.45, 2.75) is 25.4 Å². The first-order chi connectivity index (χ1) is 5.58. The molecule has 0 spiro atoms. The number of hydrogen-bond donors (Lipinski definition) is 0. The second-order valence-corrected chi connectivity index (χ2v) is 2.44. The molecule has 0 aromatic heterocycles. The summed E-state index contributed by atoms with van der Waals surface area (Å²) in [6.07, 6.45) is -1.03. The normalized spacial score (nSPS) is 16.1. The van der Waals surface area contributed by atoms with Crippen molar-refractivity contribution in [3.05, 3.63) is 6.17 Å².